The quantitative estimate of drug-likeness (QED) is 0.644. The molecule has 3 aromatic rings. The molecule has 8 heteroatoms. The van der Waals surface area contributed by atoms with Gasteiger partial charge in [-0.3, -0.25) is 14.4 Å². The van der Waals surface area contributed by atoms with Gasteiger partial charge in [-0.05, 0) is 48.5 Å². The van der Waals surface area contributed by atoms with E-state index in [0.29, 0.717) is 22.1 Å². The smallest absolute Gasteiger partial charge is 0.291 e. The summed E-state index contributed by atoms with van der Waals surface area (Å²) in [5.74, 6) is -1.01. The van der Waals surface area contributed by atoms with Gasteiger partial charge in [-0.15, -0.1) is 0 Å². The summed E-state index contributed by atoms with van der Waals surface area (Å²) < 4.78 is 5.05. The molecule has 152 valence electrons. The number of halogens is 1. The molecule has 0 radical (unpaired) electrons. The zero-order valence-electron chi connectivity index (χ0n) is 15.8. The average molecular weight is 424 g/mol. The van der Waals surface area contributed by atoms with Crippen molar-refractivity contribution in [2.75, 3.05) is 22.1 Å². The normalized spacial score (nSPS) is 15.8. The Hall–Kier alpha value is -3.58. The van der Waals surface area contributed by atoms with Crippen LogP contribution in [0.25, 0.3) is 0 Å². The number of rotatable bonds is 5. The largest absolute Gasteiger partial charge is 0.459 e. The molecule has 2 N–H and O–H groups in total. The zero-order valence-corrected chi connectivity index (χ0v) is 16.6. The molecule has 1 atom stereocenters. The van der Waals surface area contributed by atoms with Crippen molar-refractivity contribution in [1.29, 1.82) is 0 Å². The lowest BCUT2D eigenvalue weighted by Gasteiger charge is -2.18. The molecule has 2 heterocycles. The Bertz CT molecular complexity index is 1080. The predicted octanol–water partition coefficient (Wildman–Crippen LogP) is 4.18. The number of hydrogen-bond donors (Lipinski definition) is 2. The second-order valence-electron chi connectivity index (χ2n) is 6.85. The first-order chi connectivity index (χ1) is 14.5. The number of hydrogen-bond acceptors (Lipinski definition) is 4. The molecule has 1 aliphatic rings. The van der Waals surface area contributed by atoms with Crippen LogP contribution in [0.1, 0.15) is 17.0 Å². The standard InChI is InChI=1S/C22H18ClN3O4/c23-17-4-1-2-5-18(17)26-13-14(12-20(26)27)21(28)24-15-7-9-16(10-8-15)25-22(29)19-6-3-11-30-19/h1-11,14H,12-13H2,(H,24,28)(H,25,29). The number of carbonyl (C=O) groups is 3. The van der Waals surface area contributed by atoms with Gasteiger partial charge in [0.25, 0.3) is 5.91 Å². The minimum absolute atomic E-state index is 0.119. The molecular weight excluding hydrogens is 406 g/mol. The fraction of sp³-hybridized carbons (Fsp3) is 0.136. The first kappa shape index (κ1) is 19.7. The monoisotopic (exact) mass is 423 g/mol. The summed E-state index contributed by atoms with van der Waals surface area (Å²) in [5.41, 5.74) is 1.74. The van der Waals surface area contributed by atoms with Crippen LogP contribution in [-0.2, 0) is 9.59 Å². The fourth-order valence-corrected chi connectivity index (χ4v) is 3.51. The first-order valence-electron chi connectivity index (χ1n) is 9.32. The summed E-state index contributed by atoms with van der Waals surface area (Å²) in [6, 6.07) is 17.0. The summed E-state index contributed by atoms with van der Waals surface area (Å²) in [4.78, 5) is 38.5. The van der Waals surface area contributed by atoms with Gasteiger partial charge in [0, 0.05) is 24.3 Å². The highest BCUT2D eigenvalue weighted by Gasteiger charge is 2.35. The fourth-order valence-electron chi connectivity index (χ4n) is 3.27. The highest BCUT2D eigenvalue weighted by Crippen LogP contribution is 2.31. The van der Waals surface area contributed by atoms with Crippen molar-refractivity contribution in [3.05, 3.63) is 77.7 Å². The van der Waals surface area contributed by atoms with Crippen LogP contribution >= 0.6 is 11.6 Å². The van der Waals surface area contributed by atoms with E-state index < -0.39 is 5.92 Å². The lowest BCUT2D eigenvalue weighted by atomic mass is 10.1. The van der Waals surface area contributed by atoms with Gasteiger partial charge in [-0.25, -0.2) is 0 Å². The van der Waals surface area contributed by atoms with Crippen molar-refractivity contribution < 1.29 is 18.8 Å². The Kier molecular flexibility index (Phi) is 5.54. The highest BCUT2D eigenvalue weighted by molar-refractivity contribution is 6.33. The van der Waals surface area contributed by atoms with Gasteiger partial charge in [0.1, 0.15) is 0 Å². The molecular formula is C22H18ClN3O4. The topological polar surface area (TPSA) is 91.7 Å². The number of nitrogens with one attached hydrogen (secondary N) is 2. The Morgan fingerprint density at radius 2 is 1.67 bits per heavy atom. The minimum Gasteiger partial charge on any atom is -0.459 e. The Balaban J connectivity index is 1.36. The van der Waals surface area contributed by atoms with Crippen LogP contribution in [0.4, 0.5) is 17.1 Å². The lowest BCUT2D eigenvalue weighted by Crippen LogP contribution is -2.28. The summed E-state index contributed by atoms with van der Waals surface area (Å²) in [6.45, 7) is 0.270. The van der Waals surface area contributed by atoms with Gasteiger partial charge >= 0.3 is 0 Å². The van der Waals surface area contributed by atoms with Crippen LogP contribution < -0.4 is 15.5 Å². The van der Waals surface area contributed by atoms with Gasteiger partial charge in [-0.1, -0.05) is 23.7 Å². The molecule has 2 aromatic carbocycles. The van der Waals surface area contributed by atoms with E-state index in [1.54, 1.807) is 65.6 Å². The molecule has 1 aromatic heterocycles. The maximum Gasteiger partial charge on any atom is 0.291 e. The summed E-state index contributed by atoms with van der Waals surface area (Å²) in [5, 5.41) is 5.99. The summed E-state index contributed by atoms with van der Waals surface area (Å²) in [6.07, 6.45) is 1.54. The van der Waals surface area contributed by atoms with Crippen molar-refractivity contribution in [3.63, 3.8) is 0 Å². The third-order valence-corrected chi connectivity index (χ3v) is 5.11. The zero-order chi connectivity index (χ0) is 21.1. The first-order valence-corrected chi connectivity index (χ1v) is 9.70. The number of benzene rings is 2. The van der Waals surface area contributed by atoms with E-state index in [1.807, 2.05) is 0 Å². The predicted molar refractivity (Wildman–Crippen MR) is 114 cm³/mol. The Labute approximate surface area is 177 Å². The van der Waals surface area contributed by atoms with Crippen LogP contribution in [0.2, 0.25) is 5.02 Å². The average Bonchev–Trinajstić information content (AvgIpc) is 3.40. The molecule has 0 aliphatic carbocycles. The third kappa shape index (κ3) is 4.21. The van der Waals surface area contributed by atoms with Crippen LogP contribution in [0.3, 0.4) is 0 Å². The van der Waals surface area contributed by atoms with E-state index in [-0.39, 0.29) is 36.4 Å². The second kappa shape index (κ2) is 8.42. The van der Waals surface area contributed by atoms with Gasteiger partial charge in [0.15, 0.2) is 5.76 Å². The summed E-state index contributed by atoms with van der Waals surface area (Å²) in [7, 11) is 0. The van der Waals surface area contributed by atoms with E-state index in [2.05, 4.69) is 10.6 Å². The number of anilines is 3. The minimum atomic E-state index is -0.480. The van der Waals surface area contributed by atoms with Crippen molar-refractivity contribution in [2.24, 2.45) is 5.92 Å². The molecule has 7 nitrogen and oxygen atoms in total. The number of amides is 3. The maximum atomic E-state index is 12.6. The number of para-hydroxylation sites is 1. The van der Waals surface area contributed by atoms with Crippen molar-refractivity contribution in [1.82, 2.24) is 0 Å². The van der Waals surface area contributed by atoms with E-state index in [4.69, 9.17) is 16.0 Å². The van der Waals surface area contributed by atoms with Crippen LogP contribution in [-0.4, -0.2) is 24.3 Å². The van der Waals surface area contributed by atoms with Gasteiger partial charge in [-0.2, -0.15) is 0 Å². The molecule has 0 spiro atoms. The van der Waals surface area contributed by atoms with E-state index in [0.717, 1.165) is 0 Å². The van der Waals surface area contributed by atoms with Crippen LogP contribution in [0.15, 0.2) is 71.3 Å². The molecule has 3 amide bonds. The van der Waals surface area contributed by atoms with Crippen molar-refractivity contribution in [2.45, 2.75) is 6.42 Å². The molecule has 30 heavy (non-hydrogen) atoms. The lowest BCUT2D eigenvalue weighted by molar-refractivity contribution is -0.122. The van der Waals surface area contributed by atoms with Crippen LogP contribution in [0.5, 0.6) is 0 Å². The number of furan rings is 1. The summed E-state index contributed by atoms with van der Waals surface area (Å²) >= 11 is 6.18. The molecule has 4 rings (SSSR count). The van der Waals surface area contributed by atoms with E-state index in [9.17, 15) is 14.4 Å². The van der Waals surface area contributed by atoms with Crippen LogP contribution in [0, 0.1) is 5.92 Å². The van der Waals surface area contributed by atoms with E-state index in [1.165, 1.54) is 6.26 Å². The van der Waals surface area contributed by atoms with Gasteiger partial charge in [0.2, 0.25) is 11.8 Å². The SMILES string of the molecule is O=C(Nc1ccc(NC(=O)C2CC(=O)N(c3ccccc3Cl)C2)cc1)c1ccco1. The number of nitrogens with zero attached hydrogens (tertiary/aromatic N) is 1. The Morgan fingerprint density at radius 3 is 2.33 bits per heavy atom. The molecule has 1 unspecified atom stereocenters. The van der Waals surface area contributed by atoms with Crippen molar-refractivity contribution in [3.8, 4) is 0 Å². The molecule has 1 saturated heterocycles. The van der Waals surface area contributed by atoms with Gasteiger partial charge in [0.05, 0.1) is 22.9 Å². The highest BCUT2D eigenvalue weighted by atomic mass is 35.5. The van der Waals surface area contributed by atoms with Gasteiger partial charge < -0.3 is 20.0 Å². The third-order valence-electron chi connectivity index (χ3n) is 4.79. The molecule has 0 bridgehead atoms. The molecule has 1 aliphatic heterocycles. The maximum absolute atomic E-state index is 12.6. The Morgan fingerprint density at radius 1 is 0.967 bits per heavy atom. The number of carbonyl (C=O) groups excluding carboxylic acids is 3. The molecule has 0 saturated carbocycles. The van der Waals surface area contributed by atoms with E-state index >= 15 is 0 Å². The molecule has 1 fully saturated rings. The second-order valence-corrected chi connectivity index (χ2v) is 7.26. The van der Waals surface area contributed by atoms with Crippen molar-refractivity contribution >= 4 is 46.4 Å².